The van der Waals surface area contributed by atoms with Crippen molar-refractivity contribution >= 4 is 39.9 Å². The van der Waals surface area contributed by atoms with E-state index in [4.69, 9.17) is 21.4 Å². The second-order valence-corrected chi connectivity index (χ2v) is 10.8. The molecule has 0 saturated heterocycles. The van der Waals surface area contributed by atoms with Crippen LogP contribution in [-0.2, 0) is 0 Å². The van der Waals surface area contributed by atoms with Gasteiger partial charge in [0.1, 0.15) is 11.6 Å². The molecule has 0 fully saturated rings. The van der Waals surface area contributed by atoms with Crippen LogP contribution < -0.4 is 15.4 Å². The molecule has 0 aliphatic rings. The number of anilines is 2. The first-order chi connectivity index (χ1) is 21.2. The van der Waals surface area contributed by atoms with Gasteiger partial charge in [-0.15, -0.1) is 0 Å². The lowest BCUT2D eigenvalue weighted by molar-refractivity contribution is 0.262. The number of fused-ring (bicyclic) bond motifs is 1. The predicted octanol–water partition coefficient (Wildman–Crippen LogP) is 8.69. The summed E-state index contributed by atoms with van der Waals surface area (Å²) in [4.78, 5) is 23.5. The van der Waals surface area contributed by atoms with E-state index in [1.807, 2.05) is 61.5 Å². The summed E-state index contributed by atoms with van der Waals surface area (Å²) in [5, 5.41) is 12.4. The van der Waals surface area contributed by atoms with Crippen LogP contribution >= 0.6 is 11.6 Å². The molecule has 0 radical (unpaired) electrons. The molecular weight excluding hydrogens is 574 g/mol. The molecule has 2 aromatic heterocycles. The summed E-state index contributed by atoms with van der Waals surface area (Å²) in [5.74, 6) is 1.69. The van der Waals surface area contributed by atoms with Gasteiger partial charge in [0.15, 0.2) is 0 Å². The van der Waals surface area contributed by atoms with Gasteiger partial charge in [0.25, 0.3) is 0 Å². The Labute approximate surface area is 264 Å². The molecule has 3 aromatic carbocycles. The highest BCUT2D eigenvalue weighted by molar-refractivity contribution is 6.28. The molecule has 5 aromatic rings. The molecule has 5 rings (SSSR count). The van der Waals surface area contributed by atoms with Crippen LogP contribution in [0, 0.1) is 6.92 Å². The van der Waals surface area contributed by atoms with Gasteiger partial charge in [-0.1, -0.05) is 76.6 Å². The number of hydrogen-bond donors (Lipinski definition) is 2. The maximum atomic E-state index is 13.1. The van der Waals surface area contributed by atoms with Crippen molar-refractivity contribution in [2.24, 2.45) is 0 Å². The molecule has 44 heavy (non-hydrogen) atoms. The quantitative estimate of drug-likeness (QED) is 0.161. The first-order valence-corrected chi connectivity index (χ1v) is 15.3. The van der Waals surface area contributed by atoms with E-state index < -0.39 is 0 Å². The van der Waals surface area contributed by atoms with Gasteiger partial charge in [-0.25, -0.2) is 14.5 Å². The average Bonchev–Trinajstić information content (AvgIpc) is 3.44. The number of amides is 2. The van der Waals surface area contributed by atoms with Crippen LogP contribution in [0.25, 0.3) is 16.5 Å². The van der Waals surface area contributed by atoms with Gasteiger partial charge in [0, 0.05) is 29.1 Å². The summed E-state index contributed by atoms with van der Waals surface area (Å²) in [6.07, 6.45) is 1.53. The van der Waals surface area contributed by atoms with Crippen LogP contribution in [0.4, 0.5) is 16.3 Å². The van der Waals surface area contributed by atoms with Gasteiger partial charge in [0.2, 0.25) is 11.2 Å². The highest BCUT2D eigenvalue weighted by Gasteiger charge is 2.16. The average molecular weight is 614 g/mol. The molecule has 0 bridgehead atoms. The molecule has 0 atom stereocenters. The number of benzene rings is 3. The van der Waals surface area contributed by atoms with Crippen molar-refractivity contribution in [3.8, 4) is 17.3 Å². The van der Waals surface area contributed by atoms with E-state index in [1.54, 1.807) is 22.9 Å². The Hall–Kier alpha value is -4.47. The third-order valence-electron chi connectivity index (χ3n) is 7.13. The second kappa shape index (κ2) is 15.3. The number of ether oxygens (including phenoxy) is 1. The van der Waals surface area contributed by atoms with Crippen molar-refractivity contribution in [3.63, 3.8) is 0 Å². The number of rotatable bonds is 9. The van der Waals surface area contributed by atoms with Crippen molar-refractivity contribution < 1.29 is 9.53 Å². The molecule has 0 spiro atoms. The minimum atomic E-state index is -0.384. The van der Waals surface area contributed by atoms with E-state index in [9.17, 15) is 4.79 Å². The van der Waals surface area contributed by atoms with Gasteiger partial charge in [0.05, 0.1) is 17.1 Å². The Morgan fingerprint density at radius 3 is 2.23 bits per heavy atom. The lowest BCUT2D eigenvalue weighted by atomic mass is 10.1. The molecule has 0 aliphatic heterocycles. The van der Waals surface area contributed by atoms with Crippen LogP contribution in [0.2, 0.25) is 5.28 Å². The lowest BCUT2D eigenvalue weighted by Gasteiger charge is -2.14. The Morgan fingerprint density at radius 2 is 1.61 bits per heavy atom. The van der Waals surface area contributed by atoms with E-state index >= 15 is 0 Å². The van der Waals surface area contributed by atoms with Crippen LogP contribution in [0.15, 0.2) is 79.0 Å². The summed E-state index contributed by atoms with van der Waals surface area (Å²) < 4.78 is 7.70. The fourth-order valence-corrected chi connectivity index (χ4v) is 4.69. The smallest absolute Gasteiger partial charge is 0.324 e. The number of nitrogens with zero attached hydrogens (tertiary/aromatic N) is 5. The number of hydrogen-bond acceptors (Lipinski definition) is 6. The molecule has 2 amide bonds. The van der Waals surface area contributed by atoms with Gasteiger partial charge in [-0.2, -0.15) is 10.1 Å². The first-order valence-electron chi connectivity index (χ1n) is 14.9. The van der Waals surface area contributed by atoms with Gasteiger partial charge >= 0.3 is 6.03 Å². The summed E-state index contributed by atoms with van der Waals surface area (Å²) in [7, 11) is 0. The third-order valence-corrected chi connectivity index (χ3v) is 7.31. The Bertz CT molecular complexity index is 1680. The van der Waals surface area contributed by atoms with E-state index in [-0.39, 0.29) is 17.2 Å². The number of carbonyl (C=O) groups excluding carboxylic acids is 1. The van der Waals surface area contributed by atoms with Gasteiger partial charge in [-0.3, -0.25) is 5.32 Å². The van der Waals surface area contributed by atoms with Gasteiger partial charge < -0.3 is 15.0 Å². The SMILES string of the molecule is CCN(CC)CC.Cc1ccc(-n2nc(C(C)C)cc2NC(=O)Nc2ccc(Oc3ccnc(Cl)n3)c3ccccc23)cc1. The summed E-state index contributed by atoms with van der Waals surface area (Å²) >= 11 is 5.89. The van der Waals surface area contributed by atoms with Crippen LogP contribution in [0.5, 0.6) is 11.6 Å². The first kappa shape index (κ1) is 32.4. The highest BCUT2D eigenvalue weighted by Crippen LogP contribution is 2.34. The van der Waals surface area contributed by atoms with Crippen LogP contribution in [0.3, 0.4) is 0 Å². The summed E-state index contributed by atoms with van der Waals surface area (Å²) in [5.41, 5.74) is 3.53. The minimum Gasteiger partial charge on any atom is -0.438 e. The molecule has 230 valence electrons. The zero-order valence-corrected chi connectivity index (χ0v) is 26.9. The molecule has 0 aliphatic carbocycles. The predicted molar refractivity (Wildman–Crippen MR) is 180 cm³/mol. The zero-order valence-electron chi connectivity index (χ0n) is 26.1. The number of aromatic nitrogens is 4. The molecule has 0 saturated carbocycles. The van der Waals surface area contributed by atoms with Crippen molar-refractivity contribution in [1.82, 2.24) is 24.6 Å². The topological polar surface area (TPSA) is 97.2 Å². The van der Waals surface area contributed by atoms with Gasteiger partial charge in [-0.05, 0) is 68.3 Å². The number of nitrogens with one attached hydrogen (secondary N) is 2. The number of aryl methyl sites for hydroxylation is 1. The third kappa shape index (κ3) is 8.33. The Morgan fingerprint density at radius 1 is 0.932 bits per heavy atom. The molecule has 10 heteroatoms. The number of urea groups is 1. The lowest BCUT2D eigenvalue weighted by Crippen LogP contribution is -2.21. The molecule has 0 unspecified atom stereocenters. The van der Waals surface area contributed by atoms with Crippen molar-refractivity contribution in [2.75, 3.05) is 30.3 Å². The van der Waals surface area contributed by atoms with Crippen molar-refractivity contribution in [2.45, 2.75) is 47.5 Å². The van der Waals surface area contributed by atoms with Crippen molar-refractivity contribution in [1.29, 1.82) is 0 Å². The summed E-state index contributed by atoms with van der Waals surface area (Å²) in [6, 6.07) is 22.3. The monoisotopic (exact) mass is 613 g/mol. The maximum absolute atomic E-state index is 13.1. The normalized spacial score (nSPS) is 10.9. The molecule has 2 N–H and O–H groups in total. The second-order valence-electron chi connectivity index (χ2n) is 10.5. The van der Waals surface area contributed by atoms with E-state index in [1.165, 1.54) is 25.8 Å². The van der Waals surface area contributed by atoms with Crippen LogP contribution in [0.1, 0.15) is 51.8 Å². The maximum Gasteiger partial charge on any atom is 0.324 e. The minimum absolute atomic E-state index is 0.0993. The number of carbonyl (C=O) groups is 1. The molecule has 9 nitrogen and oxygen atoms in total. The zero-order chi connectivity index (χ0) is 31.6. The highest BCUT2D eigenvalue weighted by atomic mass is 35.5. The largest absolute Gasteiger partial charge is 0.438 e. The fourth-order valence-electron chi connectivity index (χ4n) is 4.55. The standard InChI is InChI=1S/C28H25ClN6O2.C6H15N/c1-17(2)23-16-25(35(34-23)19-10-8-18(3)9-11-19)32-28(36)31-22-12-13-24(21-7-5-4-6-20(21)22)37-26-14-15-30-27(29)33-26;1-4-7(5-2)6-3/h4-17H,1-3H3,(H2,31,32,36);4-6H2,1-3H3. The Balaban J connectivity index is 0.000000566. The summed E-state index contributed by atoms with van der Waals surface area (Å²) in [6.45, 7) is 16.3. The van der Waals surface area contributed by atoms with E-state index in [0.29, 0.717) is 23.1 Å². The molecular formula is C34H40ClN7O2. The Kier molecular flexibility index (Phi) is 11.3. The number of halogens is 1. The van der Waals surface area contributed by atoms with Crippen molar-refractivity contribution in [3.05, 3.63) is 95.5 Å². The van der Waals surface area contributed by atoms with E-state index in [0.717, 1.165) is 27.7 Å². The van der Waals surface area contributed by atoms with E-state index in [2.05, 4.69) is 60.1 Å². The van der Waals surface area contributed by atoms with Crippen LogP contribution in [-0.4, -0.2) is 50.3 Å². The fraction of sp³-hybridized carbons (Fsp3) is 0.294. The molecule has 2 heterocycles.